The van der Waals surface area contributed by atoms with Crippen molar-refractivity contribution in [2.75, 3.05) is 6.61 Å². The van der Waals surface area contributed by atoms with Crippen molar-refractivity contribution in [1.82, 2.24) is 0 Å². The number of carbonyl (C=O) groups excluding carboxylic acids is 2. The second-order valence-corrected chi connectivity index (χ2v) is 5.41. The lowest BCUT2D eigenvalue weighted by Gasteiger charge is -2.04. The van der Waals surface area contributed by atoms with E-state index >= 15 is 0 Å². The van der Waals surface area contributed by atoms with Gasteiger partial charge in [0, 0.05) is 11.6 Å². The van der Waals surface area contributed by atoms with Gasteiger partial charge < -0.3 is 4.74 Å². The summed E-state index contributed by atoms with van der Waals surface area (Å²) in [5, 5.41) is 0. The molecule has 0 aliphatic carbocycles. The van der Waals surface area contributed by atoms with Gasteiger partial charge in [-0.05, 0) is 46.1 Å². The first-order valence-corrected chi connectivity index (χ1v) is 7.54. The van der Waals surface area contributed by atoms with Crippen molar-refractivity contribution in [3.8, 4) is 0 Å². The van der Waals surface area contributed by atoms with Crippen LogP contribution in [-0.4, -0.2) is 18.4 Å². The molecule has 0 bridgehead atoms. The maximum atomic E-state index is 11.3. The Morgan fingerprint density at radius 1 is 1.00 bits per heavy atom. The first-order chi connectivity index (χ1) is 10.4. The Morgan fingerprint density at radius 2 is 1.59 bits per heavy atom. The summed E-state index contributed by atoms with van der Waals surface area (Å²) in [4.78, 5) is 22.6. The second kappa shape index (κ2) is 8.98. The molecule has 1 aromatic carbocycles. The molecule has 0 aromatic heterocycles. The number of esters is 1. The molecule has 0 fully saturated rings. The van der Waals surface area contributed by atoms with Crippen LogP contribution in [0, 0.1) is 0 Å². The minimum absolute atomic E-state index is 0.0759. The van der Waals surface area contributed by atoms with Crippen LogP contribution in [-0.2, 0) is 9.53 Å². The summed E-state index contributed by atoms with van der Waals surface area (Å²) in [7, 11) is 0. The molecule has 1 aromatic rings. The topological polar surface area (TPSA) is 43.4 Å². The number of benzene rings is 1. The third kappa shape index (κ3) is 6.53. The van der Waals surface area contributed by atoms with Crippen LogP contribution in [0.4, 0.5) is 0 Å². The SMILES string of the molecule is CCOC(=O)/C=C(\C)CC/C(C)=C/c1ccc(C(C)=O)cc1. The van der Waals surface area contributed by atoms with Gasteiger partial charge in [0.1, 0.15) is 0 Å². The molecule has 0 N–H and O–H groups in total. The van der Waals surface area contributed by atoms with Gasteiger partial charge in [0.25, 0.3) is 0 Å². The maximum absolute atomic E-state index is 11.3. The molecule has 0 aliphatic heterocycles. The summed E-state index contributed by atoms with van der Waals surface area (Å²) in [5.41, 5.74) is 4.04. The van der Waals surface area contributed by atoms with E-state index in [0.717, 1.165) is 29.5 Å². The molecule has 0 amide bonds. The van der Waals surface area contributed by atoms with E-state index < -0.39 is 0 Å². The zero-order valence-electron chi connectivity index (χ0n) is 13.8. The highest BCUT2D eigenvalue weighted by atomic mass is 16.5. The van der Waals surface area contributed by atoms with Gasteiger partial charge in [-0.1, -0.05) is 41.5 Å². The summed E-state index contributed by atoms with van der Waals surface area (Å²) >= 11 is 0. The molecule has 0 radical (unpaired) electrons. The van der Waals surface area contributed by atoms with Gasteiger partial charge in [0.15, 0.2) is 5.78 Å². The fraction of sp³-hybridized carbons (Fsp3) is 0.368. The molecule has 1 rings (SSSR count). The van der Waals surface area contributed by atoms with Crippen molar-refractivity contribution < 1.29 is 14.3 Å². The highest BCUT2D eigenvalue weighted by Gasteiger charge is 2.00. The number of carbonyl (C=O) groups is 2. The summed E-state index contributed by atoms with van der Waals surface area (Å²) in [6.07, 6.45) is 5.36. The zero-order chi connectivity index (χ0) is 16.5. The molecule has 0 saturated heterocycles. The summed E-state index contributed by atoms with van der Waals surface area (Å²) in [6, 6.07) is 7.57. The largest absolute Gasteiger partial charge is 0.463 e. The molecule has 3 nitrogen and oxygen atoms in total. The summed E-state index contributed by atoms with van der Waals surface area (Å²) in [5.74, 6) is -0.201. The Hall–Kier alpha value is -2.16. The van der Waals surface area contributed by atoms with Gasteiger partial charge in [-0.25, -0.2) is 4.79 Å². The number of ketones is 1. The Balaban J connectivity index is 2.59. The highest BCUT2D eigenvalue weighted by molar-refractivity contribution is 5.94. The van der Waals surface area contributed by atoms with Gasteiger partial charge in [-0.15, -0.1) is 0 Å². The smallest absolute Gasteiger partial charge is 0.330 e. The van der Waals surface area contributed by atoms with E-state index in [1.54, 1.807) is 19.9 Å². The fourth-order valence-electron chi connectivity index (χ4n) is 2.02. The first kappa shape index (κ1) is 17.9. The van der Waals surface area contributed by atoms with E-state index in [0.29, 0.717) is 6.61 Å². The zero-order valence-corrected chi connectivity index (χ0v) is 13.8. The average molecular weight is 300 g/mol. The van der Waals surface area contributed by atoms with Crippen LogP contribution in [0.25, 0.3) is 6.08 Å². The van der Waals surface area contributed by atoms with Gasteiger partial charge >= 0.3 is 5.97 Å². The van der Waals surface area contributed by atoms with Gasteiger partial charge in [-0.2, -0.15) is 0 Å². The van der Waals surface area contributed by atoms with Crippen LogP contribution in [0.1, 0.15) is 56.5 Å². The van der Waals surface area contributed by atoms with E-state index in [4.69, 9.17) is 4.74 Å². The second-order valence-electron chi connectivity index (χ2n) is 5.41. The monoisotopic (exact) mass is 300 g/mol. The summed E-state index contributed by atoms with van der Waals surface area (Å²) < 4.78 is 4.89. The van der Waals surface area contributed by atoms with Gasteiger partial charge in [0.2, 0.25) is 0 Å². The summed E-state index contributed by atoms with van der Waals surface area (Å²) in [6.45, 7) is 7.76. The predicted molar refractivity (Wildman–Crippen MR) is 89.7 cm³/mol. The Labute approximate surface area is 132 Å². The lowest BCUT2D eigenvalue weighted by Crippen LogP contribution is -2.00. The van der Waals surface area contributed by atoms with E-state index in [9.17, 15) is 9.59 Å². The number of rotatable bonds is 7. The molecule has 0 heterocycles. The maximum Gasteiger partial charge on any atom is 0.330 e. The molecule has 0 atom stereocenters. The van der Waals surface area contributed by atoms with Gasteiger partial charge in [-0.3, -0.25) is 4.79 Å². The molecule has 0 aliphatic rings. The predicted octanol–water partition coefficient (Wildman–Crippen LogP) is 4.58. The molecule has 3 heteroatoms. The Morgan fingerprint density at radius 3 is 2.14 bits per heavy atom. The minimum atomic E-state index is -0.276. The van der Waals surface area contributed by atoms with E-state index in [1.807, 2.05) is 31.2 Å². The van der Waals surface area contributed by atoms with Crippen molar-refractivity contribution in [2.24, 2.45) is 0 Å². The quantitative estimate of drug-likeness (QED) is 0.420. The normalized spacial score (nSPS) is 12.2. The molecule has 0 saturated carbocycles. The van der Waals surface area contributed by atoms with Crippen molar-refractivity contribution >= 4 is 17.8 Å². The van der Waals surface area contributed by atoms with E-state index in [-0.39, 0.29) is 11.8 Å². The van der Waals surface area contributed by atoms with Gasteiger partial charge in [0.05, 0.1) is 6.61 Å². The van der Waals surface area contributed by atoms with Crippen LogP contribution >= 0.6 is 0 Å². The number of Topliss-reactive ketones (excluding diaryl/α,β-unsaturated/α-hetero) is 1. The number of allylic oxidation sites excluding steroid dienone is 2. The lowest BCUT2D eigenvalue weighted by atomic mass is 10.0. The van der Waals surface area contributed by atoms with Crippen molar-refractivity contribution in [2.45, 2.75) is 40.5 Å². The van der Waals surface area contributed by atoms with Crippen molar-refractivity contribution in [3.63, 3.8) is 0 Å². The molecule has 118 valence electrons. The molecule has 0 spiro atoms. The Bertz CT molecular complexity index is 577. The van der Waals surface area contributed by atoms with E-state index in [2.05, 4.69) is 13.0 Å². The third-order valence-corrected chi connectivity index (χ3v) is 3.29. The van der Waals surface area contributed by atoms with Crippen LogP contribution in [0.2, 0.25) is 0 Å². The third-order valence-electron chi connectivity index (χ3n) is 3.29. The number of ether oxygens (including phenoxy) is 1. The Kier molecular flexibility index (Phi) is 7.30. The molecular formula is C19H24O3. The number of hydrogen-bond donors (Lipinski definition) is 0. The van der Waals surface area contributed by atoms with E-state index in [1.165, 1.54) is 5.57 Å². The van der Waals surface area contributed by atoms with Crippen LogP contribution in [0.5, 0.6) is 0 Å². The first-order valence-electron chi connectivity index (χ1n) is 7.54. The standard InChI is InChI=1S/C19H24O3/c1-5-22-19(21)13-15(3)7-6-14(2)12-17-8-10-18(11-9-17)16(4)20/h8-13H,5-7H2,1-4H3/b14-12+,15-13+. The van der Waals surface area contributed by atoms with Crippen molar-refractivity contribution in [1.29, 1.82) is 0 Å². The highest BCUT2D eigenvalue weighted by Crippen LogP contribution is 2.15. The minimum Gasteiger partial charge on any atom is -0.463 e. The van der Waals surface area contributed by atoms with Crippen LogP contribution in [0.3, 0.4) is 0 Å². The lowest BCUT2D eigenvalue weighted by molar-refractivity contribution is -0.137. The van der Waals surface area contributed by atoms with Crippen LogP contribution < -0.4 is 0 Å². The van der Waals surface area contributed by atoms with Crippen LogP contribution in [0.15, 0.2) is 41.5 Å². The fourth-order valence-corrected chi connectivity index (χ4v) is 2.02. The van der Waals surface area contributed by atoms with Crippen molar-refractivity contribution in [3.05, 3.63) is 52.6 Å². The number of hydrogen-bond acceptors (Lipinski definition) is 3. The average Bonchev–Trinajstić information content (AvgIpc) is 2.46. The molecule has 0 unspecified atom stereocenters. The molecule has 22 heavy (non-hydrogen) atoms. The molecular weight excluding hydrogens is 276 g/mol.